The fourth-order valence-corrected chi connectivity index (χ4v) is 5.84. The average Bonchev–Trinajstić information content (AvgIpc) is 3.21. The molecule has 3 heterocycles. The van der Waals surface area contributed by atoms with Gasteiger partial charge in [0.25, 0.3) is 11.6 Å². The van der Waals surface area contributed by atoms with Crippen molar-refractivity contribution < 1.29 is 18.1 Å². The zero-order valence-corrected chi connectivity index (χ0v) is 18.7. The predicted octanol–water partition coefficient (Wildman–Crippen LogP) is 2.57. The molecular formula is C20H19N5O5S2. The highest BCUT2D eigenvalue weighted by molar-refractivity contribution is 7.89. The lowest BCUT2D eigenvalue weighted by Gasteiger charge is -2.33. The van der Waals surface area contributed by atoms with Gasteiger partial charge in [-0.15, -0.1) is 11.3 Å². The Hall–Kier alpha value is -3.22. The third-order valence-corrected chi connectivity index (χ3v) is 8.24. The Morgan fingerprint density at radius 1 is 1.06 bits per heavy atom. The average molecular weight is 474 g/mol. The van der Waals surface area contributed by atoms with Crippen LogP contribution in [0.15, 0.2) is 53.7 Å². The van der Waals surface area contributed by atoms with Crippen LogP contribution in [0.4, 0.5) is 5.69 Å². The predicted molar refractivity (Wildman–Crippen MR) is 118 cm³/mol. The van der Waals surface area contributed by atoms with Crippen LogP contribution in [-0.2, 0) is 10.0 Å². The van der Waals surface area contributed by atoms with Gasteiger partial charge in [-0.25, -0.2) is 13.4 Å². The lowest BCUT2D eigenvalue weighted by Crippen LogP contribution is -2.50. The number of amides is 1. The quantitative estimate of drug-likeness (QED) is 0.412. The molecule has 0 N–H and O–H groups in total. The third-order valence-electron chi connectivity index (χ3n) is 5.13. The highest BCUT2D eigenvalue weighted by Gasteiger charge is 2.32. The number of sulfonamides is 1. The van der Waals surface area contributed by atoms with Gasteiger partial charge in [-0.2, -0.15) is 4.31 Å². The number of pyridine rings is 1. The Labute approximate surface area is 188 Å². The summed E-state index contributed by atoms with van der Waals surface area (Å²) in [7, 11) is -3.80. The SMILES string of the molecule is Cc1nc(-c2ccncc2)sc1C(=O)N1CCN(S(=O)(=O)c2ccc([N+](=O)[O-])cc2)CC1. The highest BCUT2D eigenvalue weighted by Crippen LogP contribution is 2.29. The fourth-order valence-electron chi connectivity index (χ4n) is 3.38. The smallest absolute Gasteiger partial charge is 0.269 e. The van der Waals surface area contributed by atoms with Gasteiger partial charge >= 0.3 is 0 Å². The van der Waals surface area contributed by atoms with Gasteiger partial charge in [0, 0.05) is 56.3 Å². The molecule has 0 aliphatic carbocycles. The number of hydrogen-bond donors (Lipinski definition) is 0. The minimum Gasteiger partial charge on any atom is -0.335 e. The van der Waals surface area contributed by atoms with Crippen LogP contribution in [-0.4, -0.2) is 64.6 Å². The van der Waals surface area contributed by atoms with E-state index >= 15 is 0 Å². The molecule has 0 atom stereocenters. The molecule has 0 bridgehead atoms. The van der Waals surface area contributed by atoms with Gasteiger partial charge < -0.3 is 4.90 Å². The molecule has 1 saturated heterocycles. The number of piperazine rings is 1. The Bertz CT molecular complexity index is 1250. The van der Waals surface area contributed by atoms with Crippen LogP contribution in [0.5, 0.6) is 0 Å². The first kappa shape index (κ1) is 22.0. The second-order valence-corrected chi connectivity index (χ2v) is 10.1. The first-order valence-electron chi connectivity index (χ1n) is 9.69. The molecule has 166 valence electrons. The second kappa shape index (κ2) is 8.73. The Balaban J connectivity index is 1.45. The lowest BCUT2D eigenvalue weighted by molar-refractivity contribution is -0.384. The Morgan fingerprint density at radius 3 is 2.28 bits per heavy atom. The van der Waals surface area contributed by atoms with E-state index in [1.165, 1.54) is 39.9 Å². The molecule has 12 heteroatoms. The highest BCUT2D eigenvalue weighted by atomic mass is 32.2. The molecule has 0 spiro atoms. The number of non-ortho nitro benzene ring substituents is 1. The third kappa shape index (κ3) is 4.24. The molecule has 1 amide bonds. The number of hydrogen-bond acceptors (Lipinski definition) is 8. The normalized spacial score (nSPS) is 15.0. The van der Waals surface area contributed by atoms with Crippen molar-refractivity contribution in [2.24, 2.45) is 0 Å². The molecule has 4 rings (SSSR count). The topological polar surface area (TPSA) is 127 Å². The van der Waals surface area contributed by atoms with Crippen LogP contribution < -0.4 is 0 Å². The number of nitro benzene ring substituents is 1. The van der Waals surface area contributed by atoms with E-state index in [1.807, 2.05) is 12.1 Å². The van der Waals surface area contributed by atoms with Gasteiger partial charge in [-0.1, -0.05) is 0 Å². The van der Waals surface area contributed by atoms with E-state index in [-0.39, 0.29) is 42.7 Å². The molecule has 0 saturated carbocycles. The molecule has 10 nitrogen and oxygen atoms in total. The monoisotopic (exact) mass is 473 g/mol. The minimum atomic E-state index is -3.80. The van der Waals surface area contributed by atoms with Gasteiger partial charge in [0.1, 0.15) is 9.88 Å². The van der Waals surface area contributed by atoms with Gasteiger partial charge in [0.2, 0.25) is 10.0 Å². The molecule has 0 radical (unpaired) electrons. The number of aryl methyl sites for hydroxylation is 1. The number of thiazole rings is 1. The Kier molecular flexibility index (Phi) is 6.00. The fraction of sp³-hybridized carbons (Fsp3) is 0.250. The summed E-state index contributed by atoms with van der Waals surface area (Å²) in [6, 6.07) is 8.44. The molecule has 1 fully saturated rings. The van der Waals surface area contributed by atoms with E-state index in [0.29, 0.717) is 10.6 Å². The van der Waals surface area contributed by atoms with Crippen molar-refractivity contribution in [3.8, 4) is 10.6 Å². The van der Waals surface area contributed by atoms with Gasteiger partial charge in [0.15, 0.2) is 0 Å². The molecule has 0 unspecified atom stereocenters. The number of nitro groups is 1. The van der Waals surface area contributed by atoms with E-state index in [4.69, 9.17) is 0 Å². The first-order valence-corrected chi connectivity index (χ1v) is 11.9. The maximum atomic E-state index is 13.0. The zero-order chi connectivity index (χ0) is 22.9. The standard InChI is InChI=1S/C20H19N5O5S2/c1-14-18(31-19(22-14)15-6-8-21-9-7-15)20(26)23-10-12-24(13-11-23)32(29,30)17-4-2-16(3-5-17)25(27)28/h2-9H,10-13H2,1H3. The lowest BCUT2D eigenvalue weighted by atomic mass is 10.3. The van der Waals surface area contributed by atoms with E-state index in [1.54, 1.807) is 24.2 Å². The van der Waals surface area contributed by atoms with Crippen molar-refractivity contribution in [1.29, 1.82) is 0 Å². The van der Waals surface area contributed by atoms with Crippen molar-refractivity contribution in [3.05, 3.63) is 69.5 Å². The number of carbonyl (C=O) groups is 1. The van der Waals surface area contributed by atoms with Crippen LogP contribution in [0.2, 0.25) is 0 Å². The van der Waals surface area contributed by atoms with Gasteiger partial charge in [-0.05, 0) is 31.2 Å². The Morgan fingerprint density at radius 2 is 1.69 bits per heavy atom. The van der Waals surface area contributed by atoms with Crippen molar-refractivity contribution in [1.82, 2.24) is 19.2 Å². The van der Waals surface area contributed by atoms with Gasteiger partial charge in [-0.3, -0.25) is 19.9 Å². The van der Waals surface area contributed by atoms with Crippen molar-refractivity contribution in [3.63, 3.8) is 0 Å². The summed E-state index contributed by atoms with van der Waals surface area (Å²) >= 11 is 1.30. The summed E-state index contributed by atoms with van der Waals surface area (Å²) in [6.07, 6.45) is 3.33. The molecule has 1 aromatic carbocycles. The number of aromatic nitrogens is 2. The summed E-state index contributed by atoms with van der Waals surface area (Å²) in [5.74, 6) is -0.173. The molecule has 1 aliphatic rings. The molecule has 32 heavy (non-hydrogen) atoms. The maximum Gasteiger partial charge on any atom is 0.269 e. The first-order chi connectivity index (χ1) is 15.3. The van der Waals surface area contributed by atoms with Crippen molar-refractivity contribution >= 4 is 33.0 Å². The maximum absolute atomic E-state index is 13.0. The van der Waals surface area contributed by atoms with E-state index in [2.05, 4.69) is 9.97 Å². The molecular weight excluding hydrogens is 454 g/mol. The summed E-state index contributed by atoms with van der Waals surface area (Å²) in [4.78, 5) is 33.9. The molecule has 3 aromatic rings. The van der Waals surface area contributed by atoms with Crippen LogP contribution in [0, 0.1) is 17.0 Å². The number of benzene rings is 1. The number of rotatable bonds is 5. The number of nitrogens with zero attached hydrogens (tertiary/aromatic N) is 5. The largest absolute Gasteiger partial charge is 0.335 e. The van der Waals surface area contributed by atoms with E-state index < -0.39 is 14.9 Å². The van der Waals surface area contributed by atoms with Crippen LogP contribution in [0.1, 0.15) is 15.4 Å². The molecule has 1 aliphatic heterocycles. The summed E-state index contributed by atoms with van der Waals surface area (Å²) in [5, 5.41) is 11.5. The van der Waals surface area contributed by atoms with Crippen molar-refractivity contribution in [2.45, 2.75) is 11.8 Å². The summed E-state index contributed by atoms with van der Waals surface area (Å²) < 4.78 is 27.0. The number of carbonyl (C=O) groups excluding carboxylic acids is 1. The van der Waals surface area contributed by atoms with Crippen LogP contribution >= 0.6 is 11.3 Å². The van der Waals surface area contributed by atoms with Crippen LogP contribution in [0.25, 0.3) is 10.6 Å². The summed E-state index contributed by atoms with van der Waals surface area (Å²) in [5.41, 5.74) is 1.34. The van der Waals surface area contributed by atoms with E-state index in [0.717, 1.165) is 10.6 Å². The van der Waals surface area contributed by atoms with Crippen molar-refractivity contribution in [2.75, 3.05) is 26.2 Å². The molecule has 2 aromatic heterocycles. The zero-order valence-electron chi connectivity index (χ0n) is 17.0. The second-order valence-electron chi connectivity index (χ2n) is 7.12. The van der Waals surface area contributed by atoms with Crippen LogP contribution in [0.3, 0.4) is 0 Å². The van der Waals surface area contributed by atoms with E-state index in [9.17, 15) is 23.3 Å². The minimum absolute atomic E-state index is 0.0110. The summed E-state index contributed by atoms with van der Waals surface area (Å²) in [6.45, 7) is 2.55. The van der Waals surface area contributed by atoms with Gasteiger partial charge in [0.05, 0.1) is 15.5 Å².